The van der Waals surface area contributed by atoms with E-state index in [1.54, 1.807) is 36.4 Å². The number of anilines is 1. The fourth-order valence-corrected chi connectivity index (χ4v) is 2.24. The Morgan fingerprint density at radius 2 is 1.67 bits per heavy atom. The van der Waals surface area contributed by atoms with Gasteiger partial charge in [-0.2, -0.15) is 0 Å². The van der Waals surface area contributed by atoms with Gasteiger partial charge in [0, 0.05) is 11.3 Å². The summed E-state index contributed by atoms with van der Waals surface area (Å²) in [6.45, 7) is 4.29. The SMILES string of the molecule is CC(C)c1ccc(/C=C/C(=O)c2ccc(NC(=O)CCl)cc2)cc1. The van der Waals surface area contributed by atoms with E-state index in [-0.39, 0.29) is 17.6 Å². The second-order valence-corrected chi connectivity index (χ2v) is 6.05. The molecular weight excluding hydrogens is 322 g/mol. The fourth-order valence-electron chi connectivity index (χ4n) is 2.17. The lowest BCUT2D eigenvalue weighted by Gasteiger charge is -2.05. The van der Waals surface area contributed by atoms with Crippen LogP contribution in [-0.4, -0.2) is 17.6 Å². The lowest BCUT2D eigenvalue weighted by Crippen LogP contribution is -2.12. The highest BCUT2D eigenvalue weighted by molar-refractivity contribution is 6.29. The first kappa shape index (κ1) is 18.0. The summed E-state index contributed by atoms with van der Waals surface area (Å²) in [5, 5.41) is 2.63. The van der Waals surface area contributed by atoms with Gasteiger partial charge >= 0.3 is 0 Å². The Kier molecular flexibility index (Phi) is 6.33. The van der Waals surface area contributed by atoms with Crippen molar-refractivity contribution < 1.29 is 9.59 Å². The largest absolute Gasteiger partial charge is 0.325 e. The molecule has 2 aromatic rings. The van der Waals surface area contributed by atoms with Crippen molar-refractivity contribution >= 4 is 35.1 Å². The molecule has 24 heavy (non-hydrogen) atoms. The van der Waals surface area contributed by atoms with Gasteiger partial charge in [0.05, 0.1) is 0 Å². The van der Waals surface area contributed by atoms with Gasteiger partial charge in [-0.05, 0) is 47.4 Å². The Morgan fingerprint density at radius 3 is 2.21 bits per heavy atom. The van der Waals surface area contributed by atoms with Gasteiger partial charge in [0.1, 0.15) is 5.88 Å². The third kappa shape index (κ3) is 5.07. The molecule has 124 valence electrons. The third-order valence-electron chi connectivity index (χ3n) is 3.60. The van der Waals surface area contributed by atoms with Crippen LogP contribution in [0.2, 0.25) is 0 Å². The zero-order valence-electron chi connectivity index (χ0n) is 13.8. The van der Waals surface area contributed by atoms with E-state index in [0.717, 1.165) is 5.56 Å². The number of hydrogen-bond donors (Lipinski definition) is 1. The molecule has 0 atom stereocenters. The minimum absolute atomic E-state index is 0.0850. The number of benzene rings is 2. The van der Waals surface area contributed by atoms with Gasteiger partial charge in [-0.25, -0.2) is 0 Å². The van der Waals surface area contributed by atoms with E-state index in [1.807, 2.05) is 12.1 Å². The van der Waals surface area contributed by atoms with Crippen LogP contribution in [0.4, 0.5) is 5.69 Å². The van der Waals surface area contributed by atoms with Crippen molar-refractivity contribution in [3.63, 3.8) is 0 Å². The number of carbonyl (C=O) groups is 2. The van der Waals surface area contributed by atoms with E-state index < -0.39 is 0 Å². The number of amides is 1. The lowest BCUT2D eigenvalue weighted by atomic mass is 10.0. The highest BCUT2D eigenvalue weighted by Gasteiger charge is 2.04. The first-order valence-corrected chi connectivity index (χ1v) is 8.31. The van der Waals surface area contributed by atoms with E-state index in [1.165, 1.54) is 5.56 Å². The van der Waals surface area contributed by atoms with Crippen LogP contribution in [0.3, 0.4) is 0 Å². The normalized spacial score (nSPS) is 11.0. The molecule has 0 aliphatic rings. The molecule has 0 heterocycles. The summed E-state index contributed by atoms with van der Waals surface area (Å²) in [4.78, 5) is 23.4. The first-order valence-electron chi connectivity index (χ1n) is 7.78. The predicted octanol–water partition coefficient (Wildman–Crippen LogP) is 4.88. The molecule has 0 aliphatic carbocycles. The summed E-state index contributed by atoms with van der Waals surface area (Å²) in [5.41, 5.74) is 3.44. The first-order chi connectivity index (χ1) is 11.5. The van der Waals surface area contributed by atoms with Crippen LogP contribution >= 0.6 is 11.6 Å². The van der Waals surface area contributed by atoms with Gasteiger partial charge in [0.15, 0.2) is 5.78 Å². The van der Waals surface area contributed by atoms with Crippen LogP contribution in [0, 0.1) is 0 Å². The van der Waals surface area contributed by atoms with Crippen molar-refractivity contribution in [3.8, 4) is 0 Å². The molecule has 0 bridgehead atoms. The summed E-state index contributed by atoms with van der Waals surface area (Å²) >= 11 is 5.43. The zero-order chi connectivity index (χ0) is 17.5. The number of rotatable bonds is 6. The molecule has 0 spiro atoms. The number of hydrogen-bond acceptors (Lipinski definition) is 2. The van der Waals surface area contributed by atoms with E-state index in [9.17, 15) is 9.59 Å². The van der Waals surface area contributed by atoms with Gasteiger partial charge in [-0.1, -0.05) is 44.2 Å². The maximum absolute atomic E-state index is 12.2. The molecule has 2 aromatic carbocycles. The van der Waals surface area contributed by atoms with Gasteiger partial charge in [-0.3, -0.25) is 9.59 Å². The number of carbonyl (C=O) groups excluding carboxylic acids is 2. The fraction of sp³-hybridized carbons (Fsp3) is 0.200. The molecule has 4 heteroatoms. The van der Waals surface area contributed by atoms with Gasteiger partial charge in [0.25, 0.3) is 0 Å². The molecule has 0 aliphatic heterocycles. The van der Waals surface area contributed by atoms with Crippen LogP contribution in [0.1, 0.15) is 41.3 Å². The Morgan fingerprint density at radius 1 is 1.04 bits per heavy atom. The highest BCUT2D eigenvalue weighted by atomic mass is 35.5. The second kappa shape index (κ2) is 8.46. The topological polar surface area (TPSA) is 46.2 Å². The Bertz CT molecular complexity index is 731. The Labute approximate surface area is 147 Å². The summed E-state index contributed by atoms with van der Waals surface area (Å²) in [6.07, 6.45) is 3.35. The number of nitrogens with one attached hydrogen (secondary N) is 1. The van der Waals surface area contributed by atoms with Crippen LogP contribution in [0.5, 0.6) is 0 Å². The Balaban J connectivity index is 2.02. The molecule has 2 rings (SSSR count). The maximum atomic E-state index is 12.2. The minimum atomic E-state index is -0.277. The Hall–Kier alpha value is -2.39. The van der Waals surface area contributed by atoms with Gasteiger partial charge in [0.2, 0.25) is 5.91 Å². The molecule has 0 unspecified atom stereocenters. The molecule has 0 saturated heterocycles. The lowest BCUT2D eigenvalue weighted by molar-refractivity contribution is -0.113. The molecule has 3 nitrogen and oxygen atoms in total. The zero-order valence-corrected chi connectivity index (χ0v) is 14.5. The third-order valence-corrected chi connectivity index (χ3v) is 3.85. The number of allylic oxidation sites excluding steroid dienone is 1. The van der Waals surface area contributed by atoms with Crippen LogP contribution < -0.4 is 5.32 Å². The summed E-state index contributed by atoms with van der Waals surface area (Å²) in [7, 11) is 0. The number of alkyl halides is 1. The van der Waals surface area contributed by atoms with Crippen molar-refractivity contribution in [3.05, 3.63) is 71.3 Å². The molecule has 1 N–H and O–H groups in total. The van der Waals surface area contributed by atoms with Gasteiger partial charge in [-0.15, -0.1) is 11.6 Å². The summed E-state index contributed by atoms with van der Waals surface area (Å²) < 4.78 is 0. The smallest absolute Gasteiger partial charge is 0.239 e. The maximum Gasteiger partial charge on any atom is 0.239 e. The van der Waals surface area contributed by atoms with Crippen LogP contribution in [0.15, 0.2) is 54.6 Å². The van der Waals surface area contributed by atoms with Crippen molar-refractivity contribution in [2.45, 2.75) is 19.8 Å². The summed E-state index contributed by atoms with van der Waals surface area (Å²) in [6, 6.07) is 14.9. The average molecular weight is 342 g/mol. The molecule has 0 aromatic heterocycles. The number of halogens is 1. The molecule has 0 radical (unpaired) electrons. The predicted molar refractivity (Wildman–Crippen MR) is 99.7 cm³/mol. The summed E-state index contributed by atoms with van der Waals surface area (Å²) in [5.74, 6) is 0.0278. The number of ketones is 1. The molecule has 0 fully saturated rings. The minimum Gasteiger partial charge on any atom is -0.325 e. The quantitative estimate of drug-likeness (QED) is 0.462. The second-order valence-electron chi connectivity index (χ2n) is 5.78. The standard InChI is InChI=1S/C20H20ClNO2/c1-14(2)16-6-3-15(4-7-16)5-12-19(23)17-8-10-18(11-9-17)22-20(24)13-21/h3-12,14H,13H2,1-2H3,(H,22,24)/b12-5+. The van der Waals surface area contributed by atoms with E-state index in [0.29, 0.717) is 17.2 Å². The van der Waals surface area contributed by atoms with Crippen LogP contribution in [-0.2, 0) is 4.79 Å². The highest BCUT2D eigenvalue weighted by Crippen LogP contribution is 2.16. The molecule has 0 saturated carbocycles. The van der Waals surface area contributed by atoms with Gasteiger partial charge < -0.3 is 5.32 Å². The van der Waals surface area contributed by atoms with Crippen molar-refractivity contribution in [2.75, 3.05) is 11.2 Å². The van der Waals surface area contributed by atoms with E-state index in [2.05, 4.69) is 31.3 Å². The van der Waals surface area contributed by atoms with Crippen molar-refractivity contribution in [1.82, 2.24) is 0 Å². The van der Waals surface area contributed by atoms with E-state index in [4.69, 9.17) is 11.6 Å². The van der Waals surface area contributed by atoms with Crippen LogP contribution in [0.25, 0.3) is 6.08 Å². The molecular formula is C20H20ClNO2. The molecule has 1 amide bonds. The van der Waals surface area contributed by atoms with E-state index >= 15 is 0 Å². The van der Waals surface area contributed by atoms with Crippen molar-refractivity contribution in [2.24, 2.45) is 0 Å². The average Bonchev–Trinajstić information content (AvgIpc) is 2.60. The monoisotopic (exact) mass is 341 g/mol. The van der Waals surface area contributed by atoms with Crippen molar-refractivity contribution in [1.29, 1.82) is 0 Å².